The number of hydrogen-bond acceptors (Lipinski definition) is 4. The van der Waals surface area contributed by atoms with Gasteiger partial charge in [-0.25, -0.2) is 0 Å². The van der Waals surface area contributed by atoms with Crippen molar-refractivity contribution in [2.45, 2.75) is 32.4 Å². The number of nitrogen functional groups attached to an aromatic ring is 1. The number of ether oxygens (including phenoxy) is 1. The largest absolute Gasteiger partial charge is 0.493 e. The molecule has 1 aliphatic rings. The summed E-state index contributed by atoms with van der Waals surface area (Å²) in [5.74, 6) is 0.412. The third-order valence-corrected chi connectivity index (χ3v) is 5.63. The lowest BCUT2D eigenvalue weighted by Crippen LogP contribution is -2.45. The fourth-order valence-electron chi connectivity index (χ4n) is 3.67. The van der Waals surface area contributed by atoms with E-state index in [1.807, 2.05) is 24.9 Å². The number of carbonyl (C=O) groups is 1. The Bertz CT molecular complexity index is 805. The van der Waals surface area contributed by atoms with Crippen LogP contribution in [0.1, 0.15) is 35.7 Å². The number of anilines is 1. The molecule has 0 radical (unpaired) electrons. The zero-order chi connectivity index (χ0) is 20.1. The summed E-state index contributed by atoms with van der Waals surface area (Å²) < 4.78 is 5.62. The van der Waals surface area contributed by atoms with Crippen LogP contribution in [-0.4, -0.2) is 48.5 Å². The Labute approximate surface area is 172 Å². The maximum atomic E-state index is 13.1. The van der Waals surface area contributed by atoms with Crippen molar-refractivity contribution >= 4 is 23.2 Å². The molecule has 2 aromatic carbocycles. The van der Waals surface area contributed by atoms with Crippen molar-refractivity contribution in [2.75, 3.05) is 32.5 Å². The first-order valence-corrected chi connectivity index (χ1v) is 10.1. The monoisotopic (exact) mass is 401 g/mol. The summed E-state index contributed by atoms with van der Waals surface area (Å²) >= 11 is 6.16. The van der Waals surface area contributed by atoms with Gasteiger partial charge in [0.2, 0.25) is 0 Å². The van der Waals surface area contributed by atoms with Crippen LogP contribution in [0.25, 0.3) is 0 Å². The molecule has 0 bridgehead atoms. The van der Waals surface area contributed by atoms with Gasteiger partial charge in [0, 0.05) is 38.8 Å². The van der Waals surface area contributed by atoms with Crippen molar-refractivity contribution < 1.29 is 9.53 Å². The highest BCUT2D eigenvalue weighted by atomic mass is 35.5. The van der Waals surface area contributed by atoms with E-state index >= 15 is 0 Å². The number of carbonyl (C=O) groups excluding carboxylic acids is 1. The summed E-state index contributed by atoms with van der Waals surface area (Å²) in [6.07, 6.45) is 1.89. The summed E-state index contributed by atoms with van der Waals surface area (Å²) in [4.78, 5) is 17.4. The Balaban J connectivity index is 1.64. The molecule has 2 aromatic rings. The van der Waals surface area contributed by atoms with E-state index in [-0.39, 0.29) is 11.9 Å². The molecular weight excluding hydrogens is 374 g/mol. The maximum absolute atomic E-state index is 13.1. The van der Waals surface area contributed by atoms with Gasteiger partial charge in [-0.3, -0.25) is 9.69 Å². The van der Waals surface area contributed by atoms with E-state index in [0.717, 1.165) is 32.5 Å². The molecule has 1 fully saturated rings. The van der Waals surface area contributed by atoms with Gasteiger partial charge in [-0.2, -0.15) is 0 Å². The van der Waals surface area contributed by atoms with Crippen molar-refractivity contribution in [3.63, 3.8) is 0 Å². The Morgan fingerprint density at radius 1 is 1.25 bits per heavy atom. The zero-order valence-electron chi connectivity index (χ0n) is 16.5. The molecule has 1 heterocycles. The molecule has 1 aliphatic heterocycles. The predicted molar refractivity (Wildman–Crippen MR) is 114 cm³/mol. The van der Waals surface area contributed by atoms with Crippen molar-refractivity contribution in [3.05, 3.63) is 58.6 Å². The number of rotatable bonds is 6. The molecule has 0 spiro atoms. The highest BCUT2D eigenvalue weighted by Crippen LogP contribution is 2.31. The summed E-state index contributed by atoms with van der Waals surface area (Å²) in [7, 11) is 1.86. The number of halogens is 1. The van der Waals surface area contributed by atoms with E-state index in [1.54, 1.807) is 12.1 Å². The van der Waals surface area contributed by atoms with Gasteiger partial charge in [0.1, 0.15) is 5.75 Å². The standard InChI is InChI=1S/C22H28ClN3O2/c1-3-28-21-14-20(24)19(23)13-18(21)22(27)25(2)17-9-11-26(12-10-17)15-16-7-5-4-6-8-16/h4-8,13-14,17H,3,9-12,15,24H2,1-2H3. The van der Waals surface area contributed by atoms with Crippen LogP contribution in [0.15, 0.2) is 42.5 Å². The Morgan fingerprint density at radius 3 is 2.57 bits per heavy atom. The molecule has 1 saturated heterocycles. The fourth-order valence-corrected chi connectivity index (χ4v) is 3.84. The average molecular weight is 402 g/mol. The summed E-state index contributed by atoms with van der Waals surface area (Å²) in [5.41, 5.74) is 8.08. The topological polar surface area (TPSA) is 58.8 Å². The minimum absolute atomic E-state index is 0.0770. The van der Waals surface area contributed by atoms with Crippen LogP contribution >= 0.6 is 11.6 Å². The van der Waals surface area contributed by atoms with Crippen LogP contribution < -0.4 is 10.5 Å². The first-order chi connectivity index (χ1) is 13.5. The minimum Gasteiger partial charge on any atom is -0.493 e. The van der Waals surface area contributed by atoms with E-state index in [0.29, 0.717) is 28.6 Å². The summed E-state index contributed by atoms with van der Waals surface area (Å²) in [6.45, 7) is 5.23. The number of nitrogens with zero attached hydrogens (tertiary/aromatic N) is 2. The predicted octanol–water partition coefficient (Wildman–Crippen LogP) is 4.06. The SMILES string of the molecule is CCOc1cc(N)c(Cl)cc1C(=O)N(C)C1CCN(Cc2ccccc2)CC1. The van der Waals surface area contributed by atoms with E-state index < -0.39 is 0 Å². The first kappa shape index (κ1) is 20.5. The fraction of sp³-hybridized carbons (Fsp3) is 0.409. The number of nitrogens with two attached hydrogens (primary N) is 1. The normalized spacial score (nSPS) is 15.4. The van der Waals surface area contributed by atoms with E-state index in [1.165, 1.54) is 5.56 Å². The minimum atomic E-state index is -0.0770. The Morgan fingerprint density at radius 2 is 1.93 bits per heavy atom. The van der Waals surface area contributed by atoms with Crippen LogP contribution in [0, 0.1) is 0 Å². The molecule has 0 unspecified atom stereocenters. The number of benzene rings is 2. The molecule has 0 saturated carbocycles. The molecule has 1 amide bonds. The molecule has 0 aromatic heterocycles. The summed E-state index contributed by atoms with van der Waals surface area (Å²) in [5, 5.41) is 0.373. The lowest BCUT2D eigenvalue weighted by Gasteiger charge is -2.37. The highest BCUT2D eigenvalue weighted by Gasteiger charge is 2.28. The first-order valence-electron chi connectivity index (χ1n) is 9.74. The van der Waals surface area contributed by atoms with Crippen molar-refractivity contribution in [1.29, 1.82) is 0 Å². The number of amides is 1. The van der Waals surface area contributed by atoms with E-state index in [2.05, 4.69) is 29.2 Å². The Hall–Kier alpha value is -2.24. The molecule has 0 aliphatic carbocycles. The average Bonchev–Trinajstić information content (AvgIpc) is 2.71. The molecule has 5 nitrogen and oxygen atoms in total. The quantitative estimate of drug-likeness (QED) is 0.741. The molecule has 2 N–H and O–H groups in total. The van der Waals surface area contributed by atoms with E-state index in [4.69, 9.17) is 22.1 Å². The van der Waals surface area contributed by atoms with Crippen LogP contribution in [-0.2, 0) is 6.54 Å². The van der Waals surface area contributed by atoms with Gasteiger partial charge in [0.15, 0.2) is 0 Å². The number of hydrogen-bond donors (Lipinski definition) is 1. The maximum Gasteiger partial charge on any atom is 0.257 e. The van der Waals surface area contributed by atoms with Gasteiger partial charge in [0.05, 0.1) is 22.9 Å². The Kier molecular flexibility index (Phi) is 6.81. The van der Waals surface area contributed by atoms with Gasteiger partial charge in [0.25, 0.3) is 5.91 Å². The third-order valence-electron chi connectivity index (χ3n) is 5.30. The van der Waals surface area contributed by atoms with Gasteiger partial charge in [-0.1, -0.05) is 41.9 Å². The van der Waals surface area contributed by atoms with E-state index in [9.17, 15) is 4.79 Å². The van der Waals surface area contributed by atoms with Gasteiger partial charge in [-0.15, -0.1) is 0 Å². The van der Waals surface area contributed by atoms with Crippen molar-refractivity contribution in [1.82, 2.24) is 9.80 Å². The molecule has 3 rings (SSSR count). The van der Waals surface area contributed by atoms with Gasteiger partial charge >= 0.3 is 0 Å². The molecule has 150 valence electrons. The van der Waals surface area contributed by atoms with Crippen molar-refractivity contribution in [2.24, 2.45) is 0 Å². The second-order valence-electron chi connectivity index (χ2n) is 7.21. The van der Waals surface area contributed by atoms with Crippen LogP contribution in [0.5, 0.6) is 5.75 Å². The zero-order valence-corrected chi connectivity index (χ0v) is 17.3. The summed E-state index contributed by atoms with van der Waals surface area (Å²) in [6, 6.07) is 13.9. The van der Waals surface area contributed by atoms with Gasteiger partial charge in [-0.05, 0) is 31.4 Å². The lowest BCUT2D eigenvalue weighted by molar-refractivity contribution is 0.0632. The molecule has 0 atom stereocenters. The second kappa shape index (κ2) is 9.30. The van der Waals surface area contributed by atoms with Crippen LogP contribution in [0.2, 0.25) is 5.02 Å². The van der Waals surface area contributed by atoms with Crippen molar-refractivity contribution in [3.8, 4) is 5.75 Å². The lowest BCUT2D eigenvalue weighted by atomic mass is 10.0. The van der Waals surface area contributed by atoms with Crippen LogP contribution in [0.4, 0.5) is 5.69 Å². The second-order valence-corrected chi connectivity index (χ2v) is 7.62. The number of likely N-dealkylation sites (tertiary alicyclic amines) is 1. The van der Waals surface area contributed by atoms with Crippen LogP contribution in [0.3, 0.4) is 0 Å². The molecular formula is C22H28ClN3O2. The smallest absolute Gasteiger partial charge is 0.257 e. The highest BCUT2D eigenvalue weighted by molar-refractivity contribution is 6.33. The third kappa shape index (κ3) is 4.78. The molecule has 6 heteroatoms. The number of piperidine rings is 1. The molecule has 28 heavy (non-hydrogen) atoms. The van der Waals surface area contributed by atoms with Gasteiger partial charge < -0.3 is 15.4 Å².